The van der Waals surface area contributed by atoms with Gasteiger partial charge in [-0.3, -0.25) is 0 Å². The summed E-state index contributed by atoms with van der Waals surface area (Å²) in [6, 6.07) is 15.8. The van der Waals surface area contributed by atoms with Crippen molar-refractivity contribution in [2.75, 3.05) is 39.8 Å². The van der Waals surface area contributed by atoms with Gasteiger partial charge in [-0.1, -0.05) is 23.2 Å². The number of carbonyl (C=O) groups excluding carboxylic acids is 1. The van der Waals surface area contributed by atoms with Crippen molar-refractivity contribution in [2.24, 2.45) is 0 Å². The number of nitrogens with one attached hydrogen (secondary N) is 1. The highest BCUT2D eigenvalue weighted by Crippen LogP contribution is 2.39. The summed E-state index contributed by atoms with van der Waals surface area (Å²) >= 11 is 18.1. The van der Waals surface area contributed by atoms with Gasteiger partial charge in [-0.2, -0.15) is 0 Å². The van der Waals surface area contributed by atoms with Gasteiger partial charge in [0.15, 0.2) is 16.6 Å². The van der Waals surface area contributed by atoms with Gasteiger partial charge in [0.05, 0.1) is 43.0 Å². The summed E-state index contributed by atoms with van der Waals surface area (Å²) in [4.78, 5) is 13.8. The molecule has 0 amide bonds. The van der Waals surface area contributed by atoms with Crippen molar-refractivity contribution in [2.45, 2.75) is 12.5 Å². The van der Waals surface area contributed by atoms with Gasteiger partial charge in [0.1, 0.15) is 12.4 Å². The van der Waals surface area contributed by atoms with Crippen LogP contribution in [0.3, 0.4) is 0 Å². The van der Waals surface area contributed by atoms with E-state index in [-0.39, 0.29) is 6.04 Å². The molecule has 0 spiro atoms. The van der Waals surface area contributed by atoms with Crippen LogP contribution in [-0.2, 0) is 11.2 Å². The molecule has 0 aromatic heterocycles. The number of esters is 1. The third-order valence-electron chi connectivity index (χ3n) is 6.12. The van der Waals surface area contributed by atoms with E-state index >= 15 is 0 Å². The average molecular weight is 561 g/mol. The van der Waals surface area contributed by atoms with Crippen LogP contribution in [0.15, 0.2) is 54.6 Å². The van der Waals surface area contributed by atoms with Gasteiger partial charge in [0, 0.05) is 12.2 Å². The summed E-state index contributed by atoms with van der Waals surface area (Å²) in [7, 11) is 4.57. The first kappa shape index (κ1) is 26.9. The third-order valence-corrected chi connectivity index (χ3v) is 7.19. The van der Waals surface area contributed by atoms with Crippen molar-refractivity contribution in [3.05, 3.63) is 81.3 Å². The zero-order valence-corrected chi connectivity index (χ0v) is 22.9. The highest BCUT2D eigenvalue weighted by Gasteiger charge is 2.31. The number of methoxy groups -OCH3 is 3. The van der Waals surface area contributed by atoms with Crippen LogP contribution >= 0.6 is 35.4 Å². The Hall–Kier alpha value is -3.20. The van der Waals surface area contributed by atoms with Crippen LogP contribution in [0.2, 0.25) is 10.0 Å². The van der Waals surface area contributed by atoms with Gasteiger partial charge in [0.2, 0.25) is 0 Å². The molecule has 0 bridgehead atoms. The molecule has 0 radical (unpaired) electrons. The van der Waals surface area contributed by atoms with E-state index in [0.717, 1.165) is 23.2 Å². The molecule has 0 saturated heterocycles. The van der Waals surface area contributed by atoms with E-state index in [9.17, 15) is 4.79 Å². The zero-order valence-electron chi connectivity index (χ0n) is 20.5. The van der Waals surface area contributed by atoms with Gasteiger partial charge in [-0.25, -0.2) is 4.79 Å². The molecule has 1 heterocycles. The summed E-state index contributed by atoms with van der Waals surface area (Å²) in [6.45, 7) is 0.953. The summed E-state index contributed by atoms with van der Waals surface area (Å²) < 4.78 is 22.0. The maximum absolute atomic E-state index is 11.8. The standard InChI is InChI=1S/C27H26Cl2N2O5S/c1-33-24-12-17-10-11-31(27(37)30-18-6-9-21(28)22(29)13-18)23(20(17)14-25(24)34-2)15-36-19-7-4-16(5-8-19)26(32)35-3/h4-9,12-14,23H,10-11,15H2,1-3H3,(H,30,37). The van der Waals surface area contributed by atoms with Crippen LogP contribution in [0.4, 0.5) is 5.69 Å². The summed E-state index contributed by atoms with van der Waals surface area (Å²) in [6.07, 6.45) is 0.753. The monoisotopic (exact) mass is 560 g/mol. The Labute approximate surface area is 231 Å². The molecule has 10 heteroatoms. The number of fused-ring (bicyclic) bond motifs is 1. The van der Waals surface area contributed by atoms with E-state index in [1.54, 1.807) is 50.6 Å². The number of nitrogens with zero attached hydrogens (tertiary/aromatic N) is 1. The molecule has 0 aliphatic carbocycles. The number of hydrogen-bond donors (Lipinski definition) is 1. The second-order valence-corrected chi connectivity index (χ2v) is 9.45. The smallest absolute Gasteiger partial charge is 0.337 e. The first-order valence-corrected chi connectivity index (χ1v) is 12.6. The van der Waals surface area contributed by atoms with Gasteiger partial charge < -0.3 is 29.2 Å². The van der Waals surface area contributed by atoms with Crippen molar-refractivity contribution in [3.8, 4) is 17.2 Å². The lowest BCUT2D eigenvalue weighted by Gasteiger charge is -2.39. The van der Waals surface area contributed by atoms with Gasteiger partial charge in [-0.05, 0) is 84.4 Å². The van der Waals surface area contributed by atoms with E-state index < -0.39 is 5.97 Å². The SMILES string of the molecule is COC(=O)c1ccc(OCC2c3cc(OC)c(OC)cc3CCN2C(=S)Nc2ccc(Cl)c(Cl)c2)cc1. The minimum Gasteiger partial charge on any atom is -0.493 e. The van der Waals surface area contributed by atoms with Crippen molar-refractivity contribution >= 4 is 52.2 Å². The number of anilines is 1. The van der Waals surface area contributed by atoms with Gasteiger partial charge in [-0.15, -0.1) is 0 Å². The van der Waals surface area contributed by atoms with E-state index in [2.05, 4.69) is 10.2 Å². The summed E-state index contributed by atoms with van der Waals surface area (Å²) in [5.74, 6) is 1.51. The molecule has 3 aromatic carbocycles. The predicted octanol–water partition coefficient (Wildman–Crippen LogP) is 6.17. The summed E-state index contributed by atoms with van der Waals surface area (Å²) in [5.41, 5.74) is 3.33. The number of thiocarbonyl (C=S) groups is 1. The van der Waals surface area contributed by atoms with Crippen molar-refractivity contribution in [1.82, 2.24) is 4.90 Å². The molecule has 1 N–H and O–H groups in total. The number of ether oxygens (including phenoxy) is 4. The first-order valence-electron chi connectivity index (χ1n) is 11.4. The lowest BCUT2D eigenvalue weighted by atomic mass is 9.92. The minimum absolute atomic E-state index is 0.230. The fraction of sp³-hybridized carbons (Fsp3) is 0.259. The minimum atomic E-state index is -0.404. The Bertz CT molecular complexity index is 1300. The second kappa shape index (κ2) is 11.9. The number of halogens is 2. The van der Waals surface area contributed by atoms with E-state index in [1.165, 1.54) is 7.11 Å². The topological polar surface area (TPSA) is 69.3 Å². The van der Waals surface area contributed by atoms with Crippen LogP contribution in [-0.4, -0.2) is 50.5 Å². The Balaban J connectivity index is 1.62. The number of benzene rings is 3. The van der Waals surface area contributed by atoms with Crippen LogP contribution in [0, 0.1) is 0 Å². The molecule has 0 fully saturated rings. The van der Waals surface area contributed by atoms with Crippen LogP contribution in [0.5, 0.6) is 17.2 Å². The third kappa shape index (κ3) is 6.04. The quantitative estimate of drug-likeness (QED) is 0.271. The molecule has 1 aliphatic heterocycles. The fourth-order valence-electron chi connectivity index (χ4n) is 4.20. The molecule has 37 heavy (non-hydrogen) atoms. The normalized spacial score (nSPS) is 14.4. The van der Waals surface area contributed by atoms with Crippen molar-refractivity contribution in [1.29, 1.82) is 0 Å². The Morgan fingerprint density at radius 1 is 1.00 bits per heavy atom. The molecule has 0 saturated carbocycles. The van der Waals surface area contributed by atoms with Crippen LogP contribution in [0.1, 0.15) is 27.5 Å². The van der Waals surface area contributed by atoms with Crippen molar-refractivity contribution < 1.29 is 23.7 Å². The van der Waals surface area contributed by atoms with Crippen LogP contribution in [0.25, 0.3) is 0 Å². The van der Waals surface area contributed by atoms with E-state index in [0.29, 0.717) is 51.1 Å². The van der Waals surface area contributed by atoms with E-state index in [1.807, 2.05) is 18.2 Å². The molecule has 1 atom stereocenters. The average Bonchev–Trinajstić information content (AvgIpc) is 2.92. The maximum Gasteiger partial charge on any atom is 0.337 e. The Morgan fingerprint density at radius 2 is 1.70 bits per heavy atom. The number of rotatable bonds is 7. The van der Waals surface area contributed by atoms with Gasteiger partial charge in [0.25, 0.3) is 0 Å². The second-order valence-electron chi connectivity index (χ2n) is 8.25. The first-order chi connectivity index (χ1) is 17.8. The molecular weight excluding hydrogens is 535 g/mol. The fourth-order valence-corrected chi connectivity index (χ4v) is 4.83. The maximum atomic E-state index is 11.8. The number of hydrogen-bond acceptors (Lipinski definition) is 6. The molecular formula is C27H26Cl2N2O5S. The lowest BCUT2D eigenvalue weighted by molar-refractivity contribution is 0.0600. The van der Waals surface area contributed by atoms with Crippen molar-refractivity contribution in [3.63, 3.8) is 0 Å². The highest BCUT2D eigenvalue weighted by molar-refractivity contribution is 7.80. The molecule has 194 valence electrons. The largest absolute Gasteiger partial charge is 0.493 e. The molecule has 3 aromatic rings. The lowest BCUT2D eigenvalue weighted by Crippen LogP contribution is -2.44. The highest BCUT2D eigenvalue weighted by atomic mass is 35.5. The zero-order chi connectivity index (χ0) is 26.5. The summed E-state index contributed by atoms with van der Waals surface area (Å²) in [5, 5.41) is 4.69. The molecule has 7 nitrogen and oxygen atoms in total. The van der Waals surface area contributed by atoms with E-state index in [4.69, 9.17) is 54.4 Å². The number of carbonyl (C=O) groups is 1. The van der Waals surface area contributed by atoms with Gasteiger partial charge >= 0.3 is 5.97 Å². The molecule has 1 aliphatic rings. The Kier molecular flexibility index (Phi) is 8.63. The molecule has 4 rings (SSSR count). The Morgan fingerprint density at radius 3 is 2.35 bits per heavy atom. The molecule has 1 unspecified atom stereocenters. The predicted molar refractivity (Wildman–Crippen MR) is 149 cm³/mol. The van der Waals surface area contributed by atoms with Crippen LogP contribution < -0.4 is 19.5 Å².